The van der Waals surface area contributed by atoms with Crippen LogP contribution in [-0.2, 0) is 9.84 Å². The number of hydrogen-bond acceptors (Lipinski definition) is 4. The molecule has 0 radical (unpaired) electrons. The van der Waals surface area contributed by atoms with Crippen LogP contribution in [0.3, 0.4) is 0 Å². The Morgan fingerprint density at radius 1 is 1.32 bits per heavy atom. The molecule has 1 spiro atoms. The summed E-state index contributed by atoms with van der Waals surface area (Å²) in [4.78, 5) is 6.22. The molecule has 2 aliphatic rings. The van der Waals surface area contributed by atoms with E-state index in [1.165, 1.54) is 6.07 Å². The highest BCUT2D eigenvalue weighted by Crippen LogP contribution is 2.38. The molecule has 1 aromatic rings. The van der Waals surface area contributed by atoms with Crippen molar-refractivity contribution in [2.75, 3.05) is 32.4 Å². The quantitative estimate of drug-likeness (QED) is 0.360. The number of hydrogen-bond donors (Lipinski definition) is 2. The number of nitrogens with zero attached hydrogens (tertiary/aromatic N) is 2. The van der Waals surface area contributed by atoms with E-state index >= 15 is 0 Å². The zero-order valence-corrected chi connectivity index (χ0v) is 19.3. The fraction of sp³-hybridized carbons (Fsp3) is 0.632. The number of aliphatic hydroxyl groups is 1. The summed E-state index contributed by atoms with van der Waals surface area (Å²) in [7, 11) is -1.49. The van der Waals surface area contributed by atoms with Gasteiger partial charge in [-0.05, 0) is 18.9 Å². The fourth-order valence-electron chi connectivity index (χ4n) is 4.19. The zero-order chi connectivity index (χ0) is 19.5. The smallest absolute Gasteiger partial charge is 0.193 e. The molecule has 1 saturated carbocycles. The summed E-state index contributed by atoms with van der Waals surface area (Å²) in [6, 6.07) is 6.12. The van der Waals surface area contributed by atoms with Gasteiger partial charge in [-0.3, -0.25) is 4.99 Å². The van der Waals surface area contributed by atoms with Crippen LogP contribution in [-0.4, -0.2) is 61.6 Å². The summed E-state index contributed by atoms with van der Waals surface area (Å²) in [5, 5.41) is 13.4. The average molecular weight is 525 g/mol. The molecule has 2 fully saturated rings. The lowest BCUT2D eigenvalue weighted by Crippen LogP contribution is -2.60. The number of guanidine groups is 1. The molecule has 6 nitrogen and oxygen atoms in total. The van der Waals surface area contributed by atoms with Gasteiger partial charge < -0.3 is 15.3 Å². The normalized spacial score (nSPS) is 22.4. The van der Waals surface area contributed by atoms with Gasteiger partial charge in [0.05, 0.1) is 16.6 Å². The van der Waals surface area contributed by atoms with E-state index in [1.54, 1.807) is 25.2 Å². The molecule has 1 heterocycles. The van der Waals surface area contributed by atoms with Crippen LogP contribution in [0.5, 0.6) is 0 Å². The van der Waals surface area contributed by atoms with E-state index in [0.29, 0.717) is 31.9 Å². The molecule has 1 atom stereocenters. The average Bonchev–Trinajstić information content (AvgIpc) is 2.66. The minimum absolute atomic E-state index is 0. The number of aliphatic imine (C=N–C) groups is 1. The van der Waals surface area contributed by atoms with Gasteiger partial charge in [0.1, 0.15) is 5.82 Å². The Kier molecular flexibility index (Phi) is 8.09. The van der Waals surface area contributed by atoms with Crippen molar-refractivity contribution in [3.63, 3.8) is 0 Å². The second-order valence-electron chi connectivity index (χ2n) is 7.45. The minimum Gasteiger partial charge on any atom is -0.386 e. The van der Waals surface area contributed by atoms with Crippen molar-refractivity contribution in [3.05, 3.63) is 35.6 Å². The van der Waals surface area contributed by atoms with E-state index in [4.69, 9.17) is 0 Å². The predicted molar refractivity (Wildman–Crippen MR) is 119 cm³/mol. The van der Waals surface area contributed by atoms with Crippen LogP contribution in [0.15, 0.2) is 29.3 Å². The Labute approximate surface area is 183 Å². The summed E-state index contributed by atoms with van der Waals surface area (Å²) in [5.74, 6) is 0.209. The van der Waals surface area contributed by atoms with Gasteiger partial charge in [0.2, 0.25) is 0 Å². The lowest BCUT2D eigenvalue weighted by molar-refractivity contribution is 0.174. The van der Waals surface area contributed by atoms with E-state index in [9.17, 15) is 17.9 Å². The molecular formula is C19H29FIN3O3S. The first-order valence-corrected chi connectivity index (χ1v) is 11.1. The second kappa shape index (κ2) is 9.71. The lowest BCUT2D eigenvalue weighted by atomic mass is 9.87. The van der Waals surface area contributed by atoms with Gasteiger partial charge in [0.25, 0.3) is 0 Å². The Hall–Kier alpha value is -0.940. The standard InChI is InChI=1S/C19H28FN3O3S.HI/c1-21-18(22-13-17(24)15-7-3-4-8-16(15)20)23-11-12-27(25,26)19(14-23)9-5-2-6-10-19;/h3-4,7-8,17,24H,2,5-6,9-14H2,1H3,(H,21,22);1H. The van der Waals surface area contributed by atoms with Crippen molar-refractivity contribution in [2.45, 2.75) is 43.0 Å². The topological polar surface area (TPSA) is 82.0 Å². The third-order valence-electron chi connectivity index (χ3n) is 5.76. The van der Waals surface area contributed by atoms with Gasteiger partial charge in [-0.2, -0.15) is 0 Å². The fourth-order valence-corrected chi connectivity index (χ4v) is 6.35. The van der Waals surface area contributed by atoms with Gasteiger partial charge in [-0.15, -0.1) is 24.0 Å². The first-order valence-electron chi connectivity index (χ1n) is 9.49. The number of rotatable bonds is 3. The molecular weight excluding hydrogens is 496 g/mol. The Morgan fingerprint density at radius 2 is 2.00 bits per heavy atom. The highest BCUT2D eigenvalue weighted by molar-refractivity contribution is 14.0. The van der Waals surface area contributed by atoms with Gasteiger partial charge in [0, 0.05) is 32.2 Å². The molecule has 1 aliphatic carbocycles. The molecule has 28 heavy (non-hydrogen) atoms. The van der Waals surface area contributed by atoms with Crippen molar-refractivity contribution < 1.29 is 17.9 Å². The van der Waals surface area contributed by atoms with Crippen LogP contribution in [0.2, 0.25) is 0 Å². The molecule has 2 N–H and O–H groups in total. The summed E-state index contributed by atoms with van der Waals surface area (Å²) >= 11 is 0. The number of aliphatic hydroxyl groups excluding tert-OH is 1. The van der Waals surface area contributed by atoms with E-state index in [-0.39, 0.29) is 41.8 Å². The largest absolute Gasteiger partial charge is 0.386 e. The van der Waals surface area contributed by atoms with Crippen LogP contribution in [0.1, 0.15) is 43.8 Å². The van der Waals surface area contributed by atoms with E-state index in [0.717, 1.165) is 19.3 Å². The Bertz CT molecular complexity index is 797. The minimum atomic E-state index is -3.12. The molecule has 9 heteroatoms. The van der Waals surface area contributed by atoms with Crippen LogP contribution in [0, 0.1) is 5.82 Å². The van der Waals surface area contributed by atoms with E-state index in [1.807, 2.05) is 4.90 Å². The Morgan fingerprint density at radius 3 is 2.64 bits per heavy atom. The monoisotopic (exact) mass is 525 g/mol. The van der Waals surface area contributed by atoms with Gasteiger partial charge in [-0.1, -0.05) is 37.5 Å². The third kappa shape index (κ3) is 4.79. The second-order valence-corrected chi connectivity index (χ2v) is 9.95. The molecule has 1 aromatic carbocycles. The summed E-state index contributed by atoms with van der Waals surface area (Å²) in [5.41, 5.74) is 0.227. The SMILES string of the molecule is CN=C(NCC(O)c1ccccc1F)N1CCS(=O)(=O)C2(CCCCC2)C1.I. The van der Waals surface area contributed by atoms with Crippen LogP contribution < -0.4 is 5.32 Å². The number of nitrogens with one attached hydrogen (secondary N) is 1. The highest BCUT2D eigenvalue weighted by atomic mass is 127. The van der Waals surface area contributed by atoms with Crippen LogP contribution in [0.25, 0.3) is 0 Å². The van der Waals surface area contributed by atoms with Gasteiger partial charge >= 0.3 is 0 Å². The molecule has 1 aliphatic heterocycles. The van der Waals surface area contributed by atoms with Crippen LogP contribution in [0.4, 0.5) is 4.39 Å². The molecule has 0 aromatic heterocycles. The Balaban J connectivity index is 0.00000280. The number of sulfone groups is 1. The maximum Gasteiger partial charge on any atom is 0.193 e. The van der Waals surface area contributed by atoms with Gasteiger partial charge in [-0.25, -0.2) is 12.8 Å². The molecule has 1 unspecified atom stereocenters. The highest BCUT2D eigenvalue weighted by Gasteiger charge is 2.48. The van der Waals surface area contributed by atoms with Gasteiger partial charge in [0.15, 0.2) is 15.8 Å². The van der Waals surface area contributed by atoms with Crippen molar-refractivity contribution in [1.29, 1.82) is 0 Å². The lowest BCUT2D eigenvalue weighted by Gasteiger charge is -2.45. The van der Waals surface area contributed by atoms with Crippen molar-refractivity contribution >= 4 is 39.8 Å². The number of halogens is 2. The molecule has 0 amide bonds. The zero-order valence-electron chi connectivity index (χ0n) is 16.1. The predicted octanol–water partition coefficient (Wildman–Crippen LogP) is 2.49. The molecule has 1 saturated heterocycles. The maximum absolute atomic E-state index is 13.8. The maximum atomic E-state index is 13.8. The first-order chi connectivity index (χ1) is 12.9. The molecule has 0 bridgehead atoms. The van der Waals surface area contributed by atoms with Crippen molar-refractivity contribution in [2.24, 2.45) is 4.99 Å². The summed E-state index contributed by atoms with van der Waals surface area (Å²) in [6.07, 6.45) is 3.33. The van der Waals surface area contributed by atoms with Crippen molar-refractivity contribution in [3.8, 4) is 0 Å². The summed E-state index contributed by atoms with van der Waals surface area (Å²) in [6.45, 7) is 0.897. The summed E-state index contributed by atoms with van der Waals surface area (Å²) < 4.78 is 38.6. The van der Waals surface area contributed by atoms with Crippen molar-refractivity contribution in [1.82, 2.24) is 10.2 Å². The molecule has 3 rings (SSSR count). The van der Waals surface area contributed by atoms with Crippen LogP contribution >= 0.6 is 24.0 Å². The first kappa shape index (κ1) is 23.3. The third-order valence-corrected chi connectivity index (χ3v) is 8.34. The van der Waals surface area contributed by atoms with E-state index in [2.05, 4.69) is 10.3 Å². The number of benzene rings is 1. The van der Waals surface area contributed by atoms with E-state index < -0.39 is 26.5 Å². The molecule has 158 valence electrons.